The monoisotopic (exact) mass is 474 g/mol. The molecule has 194 valence electrons. The van der Waals surface area contributed by atoms with Gasteiger partial charge in [0.1, 0.15) is 0 Å². The highest BCUT2D eigenvalue weighted by molar-refractivity contribution is 6.03. The van der Waals surface area contributed by atoms with Gasteiger partial charge < -0.3 is 9.47 Å². The van der Waals surface area contributed by atoms with Gasteiger partial charge in [-0.15, -0.1) is 6.58 Å². The second-order valence-corrected chi connectivity index (χ2v) is 8.78. The average molecular weight is 475 g/mol. The molecule has 0 unspecified atom stereocenters. The molecule has 0 aliphatic rings. The quantitative estimate of drug-likeness (QED) is 0.114. The van der Waals surface area contributed by atoms with Gasteiger partial charge in [0.05, 0.1) is 24.3 Å². The minimum atomic E-state index is -0.444. The topological polar surface area (TPSA) is 52.6 Å². The van der Waals surface area contributed by atoms with E-state index in [2.05, 4.69) is 27.4 Å². The molecule has 0 saturated carbocycles. The van der Waals surface area contributed by atoms with Crippen LogP contribution in [0, 0.1) is 0 Å². The third kappa shape index (κ3) is 17.4. The molecule has 0 atom stereocenters. The predicted molar refractivity (Wildman–Crippen MR) is 143 cm³/mol. The summed E-state index contributed by atoms with van der Waals surface area (Å²) in [6.07, 6.45) is 19.3. The molecule has 0 spiro atoms. The maximum absolute atomic E-state index is 12.4. The van der Waals surface area contributed by atoms with Crippen LogP contribution < -0.4 is 0 Å². The number of rotatable bonds is 19. The summed E-state index contributed by atoms with van der Waals surface area (Å²) in [5, 5.41) is 0. The van der Waals surface area contributed by atoms with Gasteiger partial charge in [-0.05, 0) is 31.4 Å². The van der Waals surface area contributed by atoms with E-state index in [9.17, 15) is 9.59 Å². The highest BCUT2D eigenvalue weighted by Crippen LogP contribution is 2.14. The van der Waals surface area contributed by atoms with Crippen molar-refractivity contribution in [2.24, 2.45) is 0 Å². The molecular formula is C30H50O4. The number of esters is 2. The van der Waals surface area contributed by atoms with Crippen molar-refractivity contribution in [1.82, 2.24) is 0 Å². The lowest BCUT2D eigenvalue weighted by Gasteiger charge is -2.10. The van der Waals surface area contributed by atoms with Crippen LogP contribution >= 0.6 is 0 Å². The van der Waals surface area contributed by atoms with Gasteiger partial charge in [-0.3, -0.25) is 0 Å². The molecule has 1 aromatic carbocycles. The Hall–Kier alpha value is -2.10. The minimum Gasteiger partial charge on any atom is -0.462 e. The van der Waals surface area contributed by atoms with Gasteiger partial charge in [0.15, 0.2) is 0 Å². The summed E-state index contributed by atoms with van der Waals surface area (Å²) in [6.45, 7) is 11.0. The fraction of sp³-hybridized carbons (Fsp3) is 0.667. The molecule has 0 fully saturated rings. The molecule has 0 heterocycles. The van der Waals surface area contributed by atoms with E-state index in [-0.39, 0.29) is 0 Å². The lowest BCUT2D eigenvalue weighted by atomic mass is 10.1. The van der Waals surface area contributed by atoms with E-state index in [1.165, 1.54) is 70.6 Å². The summed E-state index contributed by atoms with van der Waals surface area (Å²) in [5.74, 6) is -0.888. The van der Waals surface area contributed by atoms with Crippen molar-refractivity contribution in [3.05, 3.63) is 48.0 Å². The molecule has 4 nitrogen and oxygen atoms in total. The molecule has 0 aliphatic carbocycles. The smallest absolute Gasteiger partial charge is 0.339 e. The van der Waals surface area contributed by atoms with Crippen molar-refractivity contribution in [1.29, 1.82) is 0 Å². The molecular weight excluding hydrogens is 424 g/mol. The Morgan fingerprint density at radius 2 is 1.03 bits per heavy atom. The van der Waals surface area contributed by atoms with Gasteiger partial charge in [-0.1, -0.05) is 116 Å². The van der Waals surface area contributed by atoms with Crippen LogP contribution in [0.5, 0.6) is 0 Å². The van der Waals surface area contributed by atoms with Crippen LogP contribution in [-0.2, 0) is 9.47 Å². The number of hydrogen-bond donors (Lipinski definition) is 0. The Morgan fingerprint density at radius 3 is 1.38 bits per heavy atom. The molecule has 0 amide bonds. The number of allylic oxidation sites excluding steroid dienone is 1. The maximum Gasteiger partial charge on any atom is 0.339 e. The highest BCUT2D eigenvalue weighted by atomic mass is 16.5. The van der Waals surface area contributed by atoms with Crippen molar-refractivity contribution in [2.75, 3.05) is 13.2 Å². The third-order valence-corrected chi connectivity index (χ3v) is 5.59. The molecule has 0 aliphatic heterocycles. The van der Waals surface area contributed by atoms with Crippen molar-refractivity contribution >= 4 is 11.9 Å². The summed E-state index contributed by atoms with van der Waals surface area (Å²) >= 11 is 0. The number of hydrogen-bond acceptors (Lipinski definition) is 4. The summed E-state index contributed by atoms with van der Waals surface area (Å²) in [4.78, 5) is 24.7. The second kappa shape index (κ2) is 24.0. The Morgan fingerprint density at radius 1 is 0.647 bits per heavy atom. The Bertz CT molecular complexity index is 589. The number of benzene rings is 1. The molecule has 0 bridgehead atoms. The largest absolute Gasteiger partial charge is 0.462 e. The zero-order valence-electron chi connectivity index (χ0n) is 22.2. The lowest BCUT2D eigenvalue weighted by molar-refractivity contribution is 0.0450. The minimum absolute atomic E-state index is 0.293. The maximum atomic E-state index is 12.4. The molecule has 1 rings (SSSR count). The van der Waals surface area contributed by atoms with Gasteiger partial charge in [-0.25, -0.2) is 9.59 Å². The molecule has 0 saturated heterocycles. The van der Waals surface area contributed by atoms with Crippen molar-refractivity contribution in [3.8, 4) is 0 Å². The first-order valence-corrected chi connectivity index (χ1v) is 13.7. The third-order valence-electron chi connectivity index (χ3n) is 5.59. The summed E-state index contributed by atoms with van der Waals surface area (Å²) in [6, 6.07) is 6.74. The number of ether oxygens (including phenoxy) is 2. The van der Waals surface area contributed by atoms with Gasteiger partial charge in [0.25, 0.3) is 0 Å². The van der Waals surface area contributed by atoms with Crippen molar-refractivity contribution in [3.63, 3.8) is 0 Å². The van der Waals surface area contributed by atoms with Crippen LogP contribution in [0.15, 0.2) is 36.9 Å². The van der Waals surface area contributed by atoms with Gasteiger partial charge in [-0.2, -0.15) is 0 Å². The van der Waals surface area contributed by atoms with E-state index in [1.807, 2.05) is 6.08 Å². The number of unbranched alkanes of at least 4 members (excludes halogenated alkanes) is 12. The van der Waals surface area contributed by atoms with Crippen LogP contribution in [-0.4, -0.2) is 25.2 Å². The standard InChI is InChI=1S/C24H38O4.C6H12/c1-3-5-7-9-11-15-19-27-23(25)21-17-13-14-18-22(21)24(26)28-20-16-12-10-8-6-4-2;1-3-5-6-4-2/h13-14,17-18H,3-12,15-16,19-20H2,1-2H3;3H,1,4-6H2,2H3. The van der Waals surface area contributed by atoms with Gasteiger partial charge in [0, 0.05) is 0 Å². The highest BCUT2D eigenvalue weighted by Gasteiger charge is 2.18. The molecule has 4 heteroatoms. The van der Waals surface area contributed by atoms with Gasteiger partial charge in [0.2, 0.25) is 0 Å². The molecule has 0 radical (unpaired) electrons. The van der Waals surface area contributed by atoms with E-state index in [0.717, 1.165) is 25.7 Å². The van der Waals surface area contributed by atoms with E-state index < -0.39 is 11.9 Å². The van der Waals surface area contributed by atoms with Crippen LogP contribution in [0.1, 0.15) is 138 Å². The molecule has 1 aromatic rings. The molecule has 0 N–H and O–H groups in total. The zero-order valence-corrected chi connectivity index (χ0v) is 22.2. The lowest BCUT2D eigenvalue weighted by Crippen LogP contribution is -2.15. The predicted octanol–water partition coefficient (Wildman–Crippen LogP) is 9.08. The first-order valence-electron chi connectivity index (χ1n) is 13.7. The first kappa shape index (κ1) is 31.9. The fourth-order valence-electron chi connectivity index (χ4n) is 3.44. The van der Waals surface area contributed by atoms with Gasteiger partial charge >= 0.3 is 11.9 Å². The van der Waals surface area contributed by atoms with Crippen molar-refractivity contribution < 1.29 is 19.1 Å². The van der Waals surface area contributed by atoms with Crippen LogP contribution in [0.4, 0.5) is 0 Å². The summed E-state index contributed by atoms with van der Waals surface area (Å²) in [7, 11) is 0. The Labute approximate surface area is 209 Å². The number of carbonyl (C=O) groups excluding carboxylic acids is 2. The summed E-state index contributed by atoms with van der Waals surface area (Å²) < 4.78 is 10.7. The van der Waals surface area contributed by atoms with E-state index in [0.29, 0.717) is 24.3 Å². The van der Waals surface area contributed by atoms with E-state index in [1.54, 1.807) is 24.3 Å². The zero-order chi connectivity index (χ0) is 25.3. The van der Waals surface area contributed by atoms with E-state index >= 15 is 0 Å². The summed E-state index contributed by atoms with van der Waals surface area (Å²) in [5.41, 5.74) is 0.586. The van der Waals surface area contributed by atoms with E-state index in [4.69, 9.17) is 9.47 Å². The van der Waals surface area contributed by atoms with Crippen LogP contribution in [0.25, 0.3) is 0 Å². The van der Waals surface area contributed by atoms with Crippen LogP contribution in [0.3, 0.4) is 0 Å². The second-order valence-electron chi connectivity index (χ2n) is 8.78. The van der Waals surface area contributed by atoms with Crippen LogP contribution in [0.2, 0.25) is 0 Å². The molecule has 0 aromatic heterocycles. The van der Waals surface area contributed by atoms with Crippen molar-refractivity contribution in [2.45, 2.75) is 117 Å². The average Bonchev–Trinajstić information content (AvgIpc) is 2.86. The number of carbonyl (C=O) groups is 2. The molecule has 34 heavy (non-hydrogen) atoms. The Kier molecular flexibility index (Phi) is 22.6. The first-order chi connectivity index (χ1) is 16.6. The SMILES string of the molecule is C=CCCCC.CCCCCCCCOC(=O)c1ccccc1C(=O)OCCCCCCCC. The normalized spacial score (nSPS) is 10.2. The fourth-order valence-corrected chi connectivity index (χ4v) is 3.44. The Balaban J connectivity index is 0.00000160.